The van der Waals surface area contributed by atoms with Crippen molar-refractivity contribution in [2.24, 2.45) is 0 Å². The smallest absolute Gasteiger partial charge is 0.243 e. The van der Waals surface area contributed by atoms with E-state index in [9.17, 15) is 4.79 Å². The summed E-state index contributed by atoms with van der Waals surface area (Å²) in [6.07, 6.45) is 5.51. The van der Waals surface area contributed by atoms with Gasteiger partial charge in [-0.25, -0.2) is 9.97 Å². The molecule has 0 bridgehead atoms. The van der Waals surface area contributed by atoms with E-state index < -0.39 is 0 Å². The Labute approximate surface area is 149 Å². The average molecular weight is 367 g/mol. The number of nitrogens with one attached hydrogen (secondary N) is 2. The number of anilines is 1. The van der Waals surface area contributed by atoms with Crippen LogP contribution in [0, 0.1) is 0 Å². The molecular formula is C16H22N4O2S2. The standard InChI is InChI=1S/C16H22N4O2S2/c1-16(2,3)11-7-18-12(22-11)9-23-13-8-19-15(24-13)20-14(21)10-5-4-6-17-10/h7-8,10,17H,4-6,9H2,1-3H3,(H,19,20,21). The predicted octanol–water partition coefficient (Wildman–Crippen LogP) is 3.41. The van der Waals surface area contributed by atoms with Gasteiger partial charge in [-0.3, -0.25) is 4.79 Å². The van der Waals surface area contributed by atoms with E-state index in [1.165, 1.54) is 11.3 Å². The van der Waals surface area contributed by atoms with Crippen molar-refractivity contribution in [1.29, 1.82) is 0 Å². The molecule has 3 heterocycles. The van der Waals surface area contributed by atoms with Gasteiger partial charge in [-0.2, -0.15) is 0 Å². The van der Waals surface area contributed by atoms with Gasteiger partial charge >= 0.3 is 0 Å². The van der Waals surface area contributed by atoms with E-state index in [1.54, 1.807) is 24.2 Å². The van der Waals surface area contributed by atoms with Gasteiger partial charge in [-0.15, -0.1) is 11.8 Å². The molecule has 3 rings (SSSR count). The minimum Gasteiger partial charge on any atom is -0.444 e. The molecule has 2 aromatic rings. The van der Waals surface area contributed by atoms with Crippen LogP contribution in [-0.4, -0.2) is 28.5 Å². The zero-order chi connectivity index (χ0) is 17.2. The summed E-state index contributed by atoms with van der Waals surface area (Å²) in [7, 11) is 0. The van der Waals surface area contributed by atoms with Gasteiger partial charge in [-0.05, 0) is 19.4 Å². The first kappa shape index (κ1) is 17.4. The van der Waals surface area contributed by atoms with Gasteiger partial charge in [0.2, 0.25) is 11.8 Å². The molecule has 0 saturated carbocycles. The average Bonchev–Trinajstić information content (AvgIpc) is 3.26. The Morgan fingerprint density at radius 1 is 1.46 bits per heavy atom. The third-order valence-corrected chi connectivity index (χ3v) is 5.81. The molecule has 1 unspecified atom stereocenters. The molecule has 1 aliphatic heterocycles. The first-order chi connectivity index (χ1) is 11.4. The lowest BCUT2D eigenvalue weighted by atomic mass is 9.94. The third kappa shape index (κ3) is 4.37. The summed E-state index contributed by atoms with van der Waals surface area (Å²) >= 11 is 3.08. The largest absolute Gasteiger partial charge is 0.444 e. The van der Waals surface area contributed by atoms with Gasteiger partial charge in [0.15, 0.2) is 5.13 Å². The van der Waals surface area contributed by atoms with Gasteiger partial charge < -0.3 is 15.1 Å². The number of amides is 1. The van der Waals surface area contributed by atoms with Gasteiger partial charge in [-0.1, -0.05) is 32.1 Å². The van der Waals surface area contributed by atoms with E-state index >= 15 is 0 Å². The fourth-order valence-corrected chi connectivity index (χ4v) is 4.07. The van der Waals surface area contributed by atoms with Crippen molar-refractivity contribution in [3.63, 3.8) is 0 Å². The molecule has 0 aliphatic carbocycles. The van der Waals surface area contributed by atoms with E-state index in [1.807, 2.05) is 0 Å². The second-order valence-corrected chi connectivity index (χ2v) is 9.09. The molecule has 8 heteroatoms. The quantitative estimate of drug-likeness (QED) is 0.790. The summed E-state index contributed by atoms with van der Waals surface area (Å²) in [6, 6.07) is -0.0897. The molecule has 1 saturated heterocycles. The van der Waals surface area contributed by atoms with E-state index in [0.29, 0.717) is 16.8 Å². The summed E-state index contributed by atoms with van der Waals surface area (Å²) in [5, 5.41) is 6.70. The monoisotopic (exact) mass is 366 g/mol. The highest BCUT2D eigenvalue weighted by Gasteiger charge is 2.23. The van der Waals surface area contributed by atoms with Crippen LogP contribution in [-0.2, 0) is 16.0 Å². The van der Waals surface area contributed by atoms with Crippen molar-refractivity contribution in [1.82, 2.24) is 15.3 Å². The number of oxazole rings is 1. The van der Waals surface area contributed by atoms with Gasteiger partial charge in [0.25, 0.3) is 0 Å². The molecule has 2 N–H and O–H groups in total. The van der Waals surface area contributed by atoms with Crippen LogP contribution in [0.5, 0.6) is 0 Å². The number of carbonyl (C=O) groups is 1. The molecule has 2 aromatic heterocycles. The van der Waals surface area contributed by atoms with Gasteiger partial charge in [0.1, 0.15) is 5.76 Å². The van der Waals surface area contributed by atoms with Crippen LogP contribution < -0.4 is 10.6 Å². The molecule has 1 aliphatic rings. The maximum absolute atomic E-state index is 12.1. The molecule has 6 nitrogen and oxygen atoms in total. The first-order valence-corrected chi connectivity index (χ1v) is 9.80. The van der Waals surface area contributed by atoms with Crippen LogP contribution >= 0.6 is 23.1 Å². The summed E-state index contributed by atoms with van der Waals surface area (Å²) < 4.78 is 6.81. The highest BCUT2D eigenvalue weighted by Crippen LogP contribution is 2.31. The van der Waals surface area contributed by atoms with Crippen LogP contribution in [0.15, 0.2) is 21.0 Å². The Bertz CT molecular complexity index is 699. The lowest BCUT2D eigenvalue weighted by Gasteiger charge is -2.12. The Morgan fingerprint density at radius 2 is 2.29 bits per heavy atom. The predicted molar refractivity (Wildman–Crippen MR) is 96.5 cm³/mol. The van der Waals surface area contributed by atoms with Crippen molar-refractivity contribution in [3.8, 4) is 0 Å². The highest BCUT2D eigenvalue weighted by atomic mass is 32.2. The van der Waals surface area contributed by atoms with Crippen molar-refractivity contribution in [2.45, 2.75) is 55.0 Å². The number of thioether (sulfide) groups is 1. The number of nitrogens with zero attached hydrogens (tertiary/aromatic N) is 2. The molecule has 1 atom stereocenters. The SMILES string of the molecule is CC(C)(C)c1cnc(CSc2cnc(NC(=O)C3CCCN3)s2)o1. The summed E-state index contributed by atoms with van der Waals surface area (Å²) in [5.41, 5.74) is -0.0356. The molecule has 0 spiro atoms. The minimum atomic E-state index is -0.0897. The number of carbonyl (C=O) groups excluding carboxylic acids is 1. The second kappa shape index (κ2) is 7.25. The van der Waals surface area contributed by atoms with E-state index in [2.05, 4.69) is 41.4 Å². The topological polar surface area (TPSA) is 80.0 Å². The summed E-state index contributed by atoms with van der Waals surface area (Å²) in [5.74, 6) is 2.25. The molecule has 1 amide bonds. The fraction of sp³-hybridized carbons (Fsp3) is 0.562. The Balaban J connectivity index is 1.52. The summed E-state index contributed by atoms with van der Waals surface area (Å²) in [6.45, 7) is 7.20. The van der Waals surface area contributed by atoms with Gasteiger partial charge in [0.05, 0.1) is 28.4 Å². The third-order valence-electron chi connectivity index (χ3n) is 3.72. The first-order valence-electron chi connectivity index (χ1n) is 8.00. The van der Waals surface area contributed by atoms with Gasteiger partial charge in [0, 0.05) is 5.41 Å². The highest BCUT2D eigenvalue weighted by molar-refractivity contribution is 8.00. The number of hydrogen-bond acceptors (Lipinski definition) is 7. The number of thiazole rings is 1. The fourth-order valence-electron chi connectivity index (χ4n) is 2.34. The molecule has 1 fully saturated rings. The number of aromatic nitrogens is 2. The summed E-state index contributed by atoms with van der Waals surface area (Å²) in [4.78, 5) is 20.7. The van der Waals surface area contributed by atoms with Crippen LogP contribution in [0.2, 0.25) is 0 Å². The lowest BCUT2D eigenvalue weighted by Crippen LogP contribution is -2.35. The number of hydrogen-bond donors (Lipinski definition) is 2. The van der Waals surface area contributed by atoms with Crippen molar-refractivity contribution < 1.29 is 9.21 Å². The zero-order valence-corrected chi connectivity index (χ0v) is 15.7. The maximum atomic E-state index is 12.1. The Morgan fingerprint density at radius 3 is 2.96 bits per heavy atom. The van der Waals surface area contributed by atoms with Crippen LogP contribution in [0.4, 0.5) is 5.13 Å². The minimum absolute atomic E-state index is 0.000852. The molecular weight excluding hydrogens is 344 g/mol. The molecule has 0 aromatic carbocycles. The Hall–Kier alpha value is -1.38. The van der Waals surface area contributed by atoms with E-state index in [-0.39, 0.29) is 17.4 Å². The zero-order valence-electron chi connectivity index (χ0n) is 14.1. The van der Waals surface area contributed by atoms with Crippen molar-refractivity contribution in [3.05, 3.63) is 24.0 Å². The van der Waals surface area contributed by atoms with Crippen LogP contribution in [0.3, 0.4) is 0 Å². The molecule has 130 valence electrons. The lowest BCUT2D eigenvalue weighted by molar-refractivity contribution is -0.117. The number of rotatable bonds is 5. The second-order valence-electron chi connectivity index (χ2n) is 6.78. The Kier molecular flexibility index (Phi) is 5.27. The van der Waals surface area contributed by atoms with Crippen LogP contribution in [0.25, 0.3) is 0 Å². The van der Waals surface area contributed by atoms with Crippen molar-refractivity contribution >= 4 is 34.1 Å². The van der Waals surface area contributed by atoms with E-state index in [4.69, 9.17) is 4.42 Å². The molecule has 24 heavy (non-hydrogen) atoms. The maximum Gasteiger partial charge on any atom is 0.243 e. The molecule has 0 radical (unpaired) electrons. The van der Waals surface area contributed by atoms with Crippen LogP contribution in [0.1, 0.15) is 45.3 Å². The normalized spacial score (nSPS) is 18.0. The van der Waals surface area contributed by atoms with Crippen molar-refractivity contribution in [2.75, 3.05) is 11.9 Å². The van der Waals surface area contributed by atoms with E-state index in [0.717, 1.165) is 29.4 Å².